The van der Waals surface area contributed by atoms with E-state index in [1.54, 1.807) is 6.20 Å². The van der Waals surface area contributed by atoms with Gasteiger partial charge in [-0.25, -0.2) is 4.79 Å². The molecular weight excluding hydrogens is 566 g/mol. The maximum atomic E-state index is 13.2. The molecule has 15 heteroatoms. The molecule has 0 saturated heterocycles. The molecule has 3 rings (SSSR count). The van der Waals surface area contributed by atoms with Crippen molar-refractivity contribution < 1.29 is 49.2 Å². The summed E-state index contributed by atoms with van der Waals surface area (Å²) in [6.07, 6.45) is -0.344. The number of rotatable bonds is 15. The summed E-state index contributed by atoms with van der Waals surface area (Å²) in [6.45, 7) is 0. The SMILES string of the molecule is N[C@@H](Cc1c[nH]c2ccccc12)C(=O)N[C@@H](CC(=O)O)C(=O)N[C@@H](Cc1ccc(O)cc1)C(=O)N[C@@H](CC(=O)O)C(=O)O. The quantitative estimate of drug-likeness (QED) is 0.108. The second-order valence-electron chi connectivity index (χ2n) is 9.76. The highest BCUT2D eigenvalue weighted by atomic mass is 16.4. The Bertz CT molecular complexity index is 1500. The van der Waals surface area contributed by atoms with Crippen LogP contribution in [-0.2, 0) is 41.6 Å². The molecule has 3 amide bonds. The molecule has 0 aliphatic heterocycles. The molecule has 0 aliphatic rings. The van der Waals surface area contributed by atoms with Crippen molar-refractivity contribution in [2.24, 2.45) is 5.73 Å². The van der Waals surface area contributed by atoms with Gasteiger partial charge in [-0.15, -0.1) is 0 Å². The monoisotopic (exact) mass is 597 g/mol. The second-order valence-corrected chi connectivity index (χ2v) is 9.76. The minimum Gasteiger partial charge on any atom is -0.508 e. The number of aromatic amines is 1. The van der Waals surface area contributed by atoms with Crippen LogP contribution in [0.25, 0.3) is 10.9 Å². The lowest BCUT2D eigenvalue weighted by molar-refractivity contribution is -0.147. The summed E-state index contributed by atoms with van der Waals surface area (Å²) in [4.78, 5) is 76.3. The van der Waals surface area contributed by atoms with Gasteiger partial charge in [0.2, 0.25) is 17.7 Å². The average Bonchev–Trinajstić information content (AvgIpc) is 3.35. The minimum absolute atomic E-state index is 0.0588. The number of carbonyl (C=O) groups is 6. The van der Waals surface area contributed by atoms with Crippen LogP contribution in [0.15, 0.2) is 54.7 Å². The number of hydrogen-bond donors (Lipinski definition) is 9. The van der Waals surface area contributed by atoms with Gasteiger partial charge in [0.05, 0.1) is 18.9 Å². The zero-order chi connectivity index (χ0) is 31.7. The van der Waals surface area contributed by atoms with E-state index in [9.17, 15) is 44.1 Å². The normalized spacial score (nSPS) is 13.7. The van der Waals surface area contributed by atoms with Crippen molar-refractivity contribution in [3.8, 4) is 5.75 Å². The van der Waals surface area contributed by atoms with Gasteiger partial charge in [0, 0.05) is 23.5 Å². The third-order valence-corrected chi connectivity index (χ3v) is 6.47. The van der Waals surface area contributed by atoms with Crippen LogP contribution >= 0.6 is 0 Å². The fourth-order valence-corrected chi connectivity index (χ4v) is 4.29. The fourth-order valence-electron chi connectivity index (χ4n) is 4.29. The van der Waals surface area contributed by atoms with Gasteiger partial charge in [-0.2, -0.15) is 0 Å². The van der Waals surface area contributed by atoms with Crippen molar-refractivity contribution in [2.45, 2.75) is 49.9 Å². The molecule has 1 aromatic heterocycles. The first kappa shape index (κ1) is 32.1. The Labute approximate surface area is 244 Å². The first-order chi connectivity index (χ1) is 20.3. The minimum atomic E-state index is -1.83. The van der Waals surface area contributed by atoms with Gasteiger partial charge in [-0.3, -0.25) is 24.0 Å². The van der Waals surface area contributed by atoms with E-state index in [4.69, 9.17) is 10.8 Å². The van der Waals surface area contributed by atoms with E-state index < -0.39 is 72.6 Å². The summed E-state index contributed by atoms with van der Waals surface area (Å²) < 4.78 is 0. The van der Waals surface area contributed by atoms with Crippen LogP contribution in [0, 0.1) is 0 Å². The summed E-state index contributed by atoms with van der Waals surface area (Å²) in [7, 11) is 0. The summed E-state index contributed by atoms with van der Waals surface area (Å²) in [5, 5.41) is 44.8. The summed E-state index contributed by atoms with van der Waals surface area (Å²) in [6, 6.07) is 6.55. The molecule has 0 saturated carbocycles. The molecule has 15 nitrogen and oxygen atoms in total. The van der Waals surface area contributed by atoms with Crippen molar-refractivity contribution in [2.75, 3.05) is 0 Å². The number of phenolic OH excluding ortho intramolecular Hbond substituents is 1. The van der Waals surface area contributed by atoms with Gasteiger partial charge < -0.3 is 47.1 Å². The van der Waals surface area contributed by atoms with Crippen LogP contribution in [0.4, 0.5) is 0 Å². The first-order valence-corrected chi connectivity index (χ1v) is 13.0. The first-order valence-electron chi connectivity index (χ1n) is 13.0. The third kappa shape index (κ3) is 9.29. The highest BCUT2D eigenvalue weighted by Crippen LogP contribution is 2.19. The van der Waals surface area contributed by atoms with Gasteiger partial charge in [0.25, 0.3) is 0 Å². The summed E-state index contributed by atoms with van der Waals surface area (Å²) >= 11 is 0. The molecule has 3 aromatic rings. The summed E-state index contributed by atoms with van der Waals surface area (Å²) in [5.74, 6) is -7.66. The molecule has 0 unspecified atom stereocenters. The molecule has 0 fully saturated rings. The predicted molar refractivity (Wildman–Crippen MR) is 150 cm³/mol. The average molecular weight is 598 g/mol. The Hall–Kier alpha value is -5.44. The standard InChI is InChI=1S/C28H31N5O10/c29-18(10-15-13-30-19-4-2-1-3-17(15)19)25(39)31-21(11-23(35)36)27(41)32-20(9-14-5-7-16(34)8-6-14)26(40)33-22(28(42)43)12-24(37)38/h1-8,13,18,20-22,30,34H,9-12,29H2,(H,31,39)(H,32,41)(H,33,40)(H,35,36)(H,37,38)(H,42,43)/t18-,20-,21-,22-/m0/s1. The van der Waals surface area contributed by atoms with Gasteiger partial charge in [0.15, 0.2) is 0 Å². The number of para-hydroxylation sites is 1. The van der Waals surface area contributed by atoms with E-state index >= 15 is 0 Å². The molecule has 0 radical (unpaired) electrons. The van der Waals surface area contributed by atoms with Gasteiger partial charge in [-0.05, 0) is 35.7 Å². The molecule has 0 aliphatic carbocycles. The molecule has 10 N–H and O–H groups in total. The number of H-pyrrole nitrogens is 1. The largest absolute Gasteiger partial charge is 0.508 e. The van der Waals surface area contributed by atoms with E-state index in [0.29, 0.717) is 5.56 Å². The van der Waals surface area contributed by atoms with Crippen LogP contribution in [-0.4, -0.2) is 85.2 Å². The molecular formula is C28H31N5O10. The number of aromatic nitrogens is 1. The Morgan fingerprint density at radius 3 is 1.91 bits per heavy atom. The number of carboxylic acid groups (broad SMARTS) is 3. The van der Waals surface area contributed by atoms with Gasteiger partial charge in [0.1, 0.15) is 23.9 Å². The van der Waals surface area contributed by atoms with Crippen LogP contribution < -0.4 is 21.7 Å². The van der Waals surface area contributed by atoms with E-state index in [0.717, 1.165) is 16.5 Å². The van der Waals surface area contributed by atoms with Crippen LogP contribution in [0.3, 0.4) is 0 Å². The number of aliphatic carboxylic acids is 3. The molecule has 1 heterocycles. The number of carbonyl (C=O) groups excluding carboxylic acids is 3. The van der Waals surface area contributed by atoms with E-state index in [2.05, 4.69) is 20.9 Å². The smallest absolute Gasteiger partial charge is 0.326 e. The Morgan fingerprint density at radius 1 is 0.721 bits per heavy atom. The lowest BCUT2D eigenvalue weighted by atomic mass is 10.0. The fraction of sp³-hybridized carbons (Fsp3) is 0.286. The molecule has 228 valence electrons. The van der Waals surface area contributed by atoms with E-state index in [-0.39, 0.29) is 18.6 Å². The van der Waals surface area contributed by atoms with Crippen molar-refractivity contribution in [3.05, 3.63) is 65.9 Å². The number of amides is 3. The topological polar surface area (TPSA) is 261 Å². The van der Waals surface area contributed by atoms with Crippen molar-refractivity contribution in [1.82, 2.24) is 20.9 Å². The molecule has 4 atom stereocenters. The third-order valence-electron chi connectivity index (χ3n) is 6.47. The zero-order valence-electron chi connectivity index (χ0n) is 22.6. The molecule has 0 spiro atoms. The number of hydrogen-bond acceptors (Lipinski definition) is 8. The van der Waals surface area contributed by atoms with Crippen molar-refractivity contribution >= 4 is 46.5 Å². The number of carboxylic acids is 3. The van der Waals surface area contributed by atoms with E-state index in [1.807, 2.05) is 24.3 Å². The second kappa shape index (κ2) is 14.5. The zero-order valence-corrected chi connectivity index (χ0v) is 22.6. The van der Waals surface area contributed by atoms with Crippen molar-refractivity contribution in [1.29, 1.82) is 0 Å². The predicted octanol–water partition coefficient (Wildman–Crippen LogP) is -0.526. The Kier molecular flexibility index (Phi) is 10.8. The number of nitrogens with one attached hydrogen (secondary N) is 4. The highest BCUT2D eigenvalue weighted by Gasteiger charge is 2.32. The lowest BCUT2D eigenvalue weighted by Crippen LogP contribution is -2.58. The number of phenols is 1. The maximum absolute atomic E-state index is 13.2. The van der Waals surface area contributed by atoms with Gasteiger partial charge >= 0.3 is 17.9 Å². The summed E-state index contributed by atoms with van der Waals surface area (Å²) in [5.41, 5.74) is 8.02. The van der Waals surface area contributed by atoms with E-state index in [1.165, 1.54) is 24.3 Å². The number of fused-ring (bicyclic) bond motifs is 1. The maximum Gasteiger partial charge on any atom is 0.326 e. The molecule has 2 aromatic carbocycles. The number of benzene rings is 2. The van der Waals surface area contributed by atoms with Crippen LogP contribution in [0.1, 0.15) is 24.0 Å². The Balaban J connectivity index is 1.78. The van der Waals surface area contributed by atoms with Crippen LogP contribution in [0.5, 0.6) is 5.75 Å². The highest BCUT2D eigenvalue weighted by molar-refractivity contribution is 5.96. The lowest BCUT2D eigenvalue weighted by Gasteiger charge is -2.24. The molecule has 43 heavy (non-hydrogen) atoms. The Morgan fingerprint density at radius 2 is 1.28 bits per heavy atom. The van der Waals surface area contributed by atoms with Crippen LogP contribution in [0.2, 0.25) is 0 Å². The van der Waals surface area contributed by atoms with Gasteiger partial charge in [-0.1, -0.05) is 30.3 Å². The molecule has 0 bridgehead atoms. The number of nitrogens with two attached hydrogens (primary N) is 1. The number of aromatic hydroxyl groups is 1. The van der Waals surface area contributed by atoms with Crippen molar-refractivity contribution in [3.63, 3.8) is 0 Å².